The predicted octanol–water partition coefficient (Wildman–Crippen LogP) is 4.97. The molecule has 0 unspecified atom stereocenters. The maximum Gasteiger partial charge on any atom is 0.165 e. The molecule has 0 N–H and O–H groups in total. The summed E-state index contributed by atoms with van der Waals surface area (Å²) in [6, 6.07) is 20.0. The van der Waals surface area contributed by atoms with Gasteiger partial charge in [0.25, 0.3) is 0 Å². The largest absolute Gasteiger partial charge is 0.494 e. The average molecular weight is 395 g/mol. The molecule has 150 valence electrons. The zero-order valence-electron chi connectivity index (χ0n) is 16.3. The Hall–Kier alpha value is -3.54. The molecule has 0 bridgehead atoms. The number of nitrogens with zero attached hydrogens (tertiary/aromatic N) is 1. The predicted molar refractivity (Wildman–Crippen MR) is 109 cm³/mol. The van der Waals surface area contributed by atoms with E-state index in [0.717, 1.165) is 11.1 Å². The van der Waals surface area contributed by atoms with E-state index in [-0.39, 0.29) is 12.4 Å². The monoisotopic (exact) mass is 395 g/mol. The van der Waals surface area contributed by atoms with Crippen molar-refractivity contribution in [3.8, 4) is 17.2 Å². The molecule has 0 atom stereocenters. The highest BCUT2D eigenvalue weighted by Gasteiger charge is 2.06. The Morgan fingerprint density at radius 2 is 1.55 bits per heavy atom. The van der Waals surface area contributed by atoms with E-state index in [4.69, 9.17) is 19.0 Å². The molecule has 0 heterocycles. The molecule has 0 saturated carbocycles. The van der Waals surface area contributed by atoms with Crippen molar-refractivity contribution < 1.29 is 23.4 Å². The summed E-state index contributed by atoms with van der Waals surface area (Å²) >= 11 is 0. The molecular formula is C23H22FNO4. The van der Waals surface area contributed by atoms with Crippen LogP contribution in [0, 0.1) is 5.82 Å². The highest BCUT2D eigenvalue weighted by atomic mass is 19.1. The fourth-order valence-electron chi connectivity index (χ4n) is 2.63. The third-order valence-corrected chi connectivity index (χ3v) is 4.15. The second-order valence-corrected chi connectivity index (χ2v) is 6.16. The molecule has 0 aliphatic heterocycles. The van der Waals surface area contributed by atoms with Gasteiger partial charge in [0.1, 0.15) is 13.2 Å². The van der Waals surface area contributed by atoms with Crippen LogP contribution >= 0.6 is 0 Å². The molecule has 3 rings (SSSR count). The minimum absolute atomic E-state index is 0.146. The smallest absolute Gasteiger partial charge is 0.165 e. The molecule has 0 amide bonds. The second-order valence-electron chi connectivity index (χ2n) is 6.16. The molecule has 0 saturated heterocycles. The lowest BCUT2D eigenvalue weighted by molar-refractivity contribution is 0.132. The number of rotatable bonds is 9. The molecule has 0 aliphatic rings. The van der Waals surface area contributed by atoms with Gasteiger partial charge in [-0.05, 0) is 41.5 Å². The molecule has 3 aromatic carbocycles. The first-order chi connectivity index (χ1) is 14.2. The summed E-state index contributed by atoms with van der Waals surface area (Å²) in [6.45, 7) is 0.596. The SMILES string of the molecule is COc1ccc(CO/N=C/c2ccc(OCc3ccccc3)c(OC)c2)cc1F. The lowest BCUT2D eigenvalue weighted by Gasteiger charge is -2.11. The fourth-order valence-corrected chi connectivity index (χ4v) is 2.63. The molecule has 0 radical (unpaired) electrons. The van der Waals surface area contributed by atoms with Crippen LogP contribution in [-0.2, 0) is 18.1 Å². The van der Waals surface area contributed by atoms with Crippen LogP contribution in [0.1, 0.15) is 16.7 Å². The molecule has 29 heavy (non-hydrogen) atoms. The molecule has 0 fully saturated rings. The van der Waals surface area contributed by atoms with Gasteiger partial charge in [0.2, 0.25) is 0 Å². The molecule has 6 heteroatoms. The van der Waals surface area contributed by atoms with E-state index >= 15 is 0 Å². The average Bonchev–Trinajstić information content (AvgIpc) is 2.76. The lowest BCUT2D eigenvalue weighted by atomic mass is 10.2. The van der Waals surface area contributed by atoms with Crippen LogP contribution in [0.4, 0.5) is 4.39 Å². The van der Waals surface area contributed by atoms with Crippen LogP contribution in [0.5, 0.6) is 17.2 Å². The number of halogens is 1. The fraction of sp³-hybridized carbons (Fsp3) is 0.174. The van der Waals surface area contributed by atoms with E-state index < -0.39 is 5.82 Å². The summed E-state index contributed by atoms with van der Waals surface area (Å²) in [5.41, 5.74) is 2.51. The topological polar surface area (TPSA) is 49.3 Å². The van der Waals surface area contributed by atoms with Gasteiger partial charge in [0, 0.05) is 5.56 Å². The summed E-state index contributed by atoms with van der Waals surface area (Å²) < 4.78 is 29.8. The first-order valence-corrected chi connectivity index (χ1v) is 9.02. The number of methoxy groups -OCH3 is 2. The van der Waals surface area contributed by atoms with Crippen molar-refractivity contribution in [2.45, 2.75) is 13.2 Å². The van der Waals surface area contributed by atoms with E-state index in [2.05, 4.69) is 5.16 Å². The Labute approximate surface area is 169 Å². The Kier molecular flexibility index (Phi) is 7.05. The highest BCUT2D eigenvalue weighted by molar-refractivity contribution is 5.80. The van der Waals surface area contributed by atoms with Crippen LogP contribution in [0.15, 0.2) is 71.9 Å². The number of benzene rings is 3. The Morgan fingerprint density at radius 1 is 0.793 bits per heavy atom. The first-order valence-electron chi connectivity index (χ1n) is 9.02. The van der Waals surface area contributed by atoms with Gasteiger partial charge in [0.05, 0.1) is 20.4 Å². The lowest BCUT2D eigenvalue weighted by Crippen LogP contribution is -1.98. The van der Waals surface area contributed by atoms with Gasteiger partial charge in [-0.1, -0.05) is 41.6 Å². The van der Waals surface area contributed by atoms with Gasteiger partial charge in [0.15, 0.2) is 23.1 Å². The maximum atomic E-state index is 13.7. The zero-order valence-corrected chi connectivity index (χ0v) is 16.3. The van der Waals surface area contributed by atoms with E-state index in [1.54, 1.807) is 31.5 Å². The van der Waals surface area contributed by atoms with Crippen LogP contribution in [0.3, 0.4) is 0 Å². The molecular weight excluding hydrogens is 373 g/mol. The van der Waals surface area contributed by atoms with Crippen molar-refractivity contribution in [3.63, 3.8) is 0 Å². The van der Waals surface area contributed by atoms with E-state index in [1.165, 1.54) is 13.2 Å². The molecule has 3 aromatic rings. The number of hydrogen-bond donors (Lipinski definition) is 0. The van der Waals surface area contributed by atoms with Gasteiger partial charge < -0.3 is 19.0 Å². The first kappa shape index (κ1) is 20.2. The summed E-state index contributed by atoms with van der Waals surface area (Å²) in [6.07, 6.45) is 1.56. The summed E-state index contributed by atoms with van der Waals surface area (Å²) in [7, 11) is 3.01. The van der Waals surface area contributed by atoms with E-state index in [0.29, 0.717) is 23.7 Å². The van der Waals surface area contributed by atoms with E-state index in [1.807, 2.05) is 42.5 Å². The van der Waals surface area contributed by atoms with Crippen molar-refractivity contribution in [2.24, 2.45) is 5.16 Å². The Morgan fingerprint density at radius 3 is 2.28 bits per heavy atom. The van der Waals surface area contributed by atoms with Crippen LogP contribution < -0.4 is 14.2 Å². The Bertz CT molecular complexity index is 960. The van der Waals surface area contributed by atoms with Gasteiger partial charge in [-0.25, -0.2) is 4.39 Å². The van der Waals surface area contributed by atoms with Crippen molar-refractivity contribution in [3.05, 3.63) is 89.2 Å². The normalized spacial score (nSPS) is 10.7. The summed E-state index contributed by atoms with van der Waals surface area (Å²) in [5, 5.41) is 3.93. The quantitative estimate of drug-likeness (QED) is 0.379. The summed E-state index contributed by atoms with van der Waals surface area (Å²) in [4.78, 5) is 5.25. The van der Waals surface area contributed by atoms with Crippen molar-refractivity contribution >= 4 is 6.21 Å². The zero-order chi connectivity index (χ0) is 20.5. The second kappa shape index (κ2) is 10.1. The van der Waals surface area contributed by atoms with Gasteiger partial charge in [-0.2, -0.15) is 0 Å². The number of ether oxygens (including phenoxy) is 3. The van der Waals surface area contributed by atoms with Gasteiger partial charge in [-0.3, -0.25) is 0 Å². The molecule has 0 aliphatic carbocycles. The number of hydrogen-bond acceptors (Lipinski definition) is 5. The van der Waals surface area contributed by atoms with Crippen molar-refractivity contribution in [1.82, 2.24) is 0 Å². The Balaban J connectivity index is 1.57. The molecule has 0 aromatic heterocycles. The maximum absolute atomic E-state index is 13.7. The standard InChI is InChI=1S/C23H22FNO4/c1-26-21-10-9-19(12-20(21)24)16-29-25-14-18-8-11-22(23(13-18)27-2)28-15-17-6-4-3-5-7-17/h3-14H,15-16H2,1-2H3/b25-14+. The van der Waals surface area contributed by atoms with Crippen LogP contribution in [-0.4, -0.2) is 20.4 Å². The third kappa shape index (κ3) is 5.72. The highest BCUT2D eigenvalue weighted by Crippen LogP contribution is 2.28. The number of oxime groups is 1. The van der Waals surface area contributed by atoms with Crippen LogP contribution in [0.25, 0.3) is 0 Å². The van der Waals surface area contributed by atoms with Gasteiger partial charge >= 0.3 is 0 Å². The molecule has 5 nitrogen and oxygen atoms in total. The third-order valence-electron chi connectivity index (χ3n) is 4.15. The van der Waals surface area contributed by atoms with Crippen molar-refractivity contribution in [1.29, 1.82) is 0 Å². The molecule has 0 spiro atoms. The van der Waals surface area contributed by atoms with Crippen molar-refractivity contribution in [2.75, 3.05) is 14.2 Å². The van der Waals surface area contributed by atoms with E-state index in [9.17, 15) is 4.39 Å². The summed E-state index contributed by atoms with van der Waals surface area (Å²) in [5.74, 6) is 0.998. The minimum Gasteiger partial charge on any atom is -0.494 e. The van der Waals surface area contributed by atoms with Gasteiger partial charge in [-0.15, -0.1) is 0 Å². The van der Waals surface area contributed by atoms with Crippen LogP contribution in [0.2, 0.25) is 0 Å². The minimum atomic E-state index is -0.437.